The fourth-order valence-corrected chi connectivity index (χ4v) is 8.09. The molecule has 2 rings (SSSR count). The standard InChI is InChI=1S/C7H19N4O9P3/c12-21(13,14)5(22(15,16)17)6(8-1-2-9-6)7(23(18,19)20)10-3-4-11-7/h5,8-11H,1-4H2,(H2,12,13,14)(H2,15,16,17)(H2,18,19,20). The fraction of sp³-hybridized carbons (Fsp3) is 1.00. The molecule has 0 unspecified atom stereocenters. The smallest absolute Gasteiger partial charge is 0.324 e. The van der Waals surface area contributed by atoms with Crippen LogP contribution in [-0.4, -0.2) is 72.0 Å². The van der Waals surface area contributed by atoms with Gasteiger partial charge in [0.2, 0.25) is 5.40 Å². The fourth-order valence-electron chi connectivity index (χ4n) is 3.17. The Bertz CT molecular complexity index is 576. The van der Waals surface area contributed by atoms with Crippen molar-refractivity contribution >= 4 is 22.8 Å². The molecular formula is C7H19N4O9P3. The van der Waals surface area contributed by atoms with Gasteiger partial charge in [-0.15, -0.1) is 0 Å². The molecule has 0 spiro atoms. The van der Waals surface area contributed by atoms with Crippen molar-refractivity contribution in [3.05, 3.63) is 0 Å². The molecule has 0 radical (unpaired) electrons. The van der Waals surface area contributed by atoms with Crippen LogP contribution in [0.3, 0.4) is 0 Å². The third-order valence-electron chi connectivity index (χ3n) is 3.85. The van der Waals surface area contributed by atoms with Gasteiger partial charge >= 0.3 is 22.8 Å². The van der Waals surface area contributed by atoms with Gasteiger partial charge in [-0.3, -0.25) is 35.0 Å². The molecule has 2 aliphatic rings. The van der Waals surface area contributed by atoms with Gasteiger partial charge in [0.05, 0.1) is 0 Å². The highest BCUT2D eigenvalue weighted by Gasteiger charge is 2.74. The normalized spacial score (nSPS) is 25.2. The SMILES string of the molecule is O=P(O)(O)C(C1(C2(P(=O)(O)O)NCCN2)NCCN1)P(=O)(O)O. The number of hydrogen-bond donors (Lipinski definition) is 10. The monoisotopic (exact) mass is 396 g/mol. The molecule has 0 atom stereocenters. The molecule has 2 heterocycles. The van der Waals surface area contributed by atoms with Gasteiger partial charge in [0, 0.05) is 26.2 Å². The summed E-state index contributed by atoms with van der Waals surface area (Å²) in [6.45, 7) is 0.0136. The lowest BCUT2D eigenvalue weighted by Gasteiger charge is -2.49. The molecule has 136 valence electrons. The van der Waals surface area contributed by atoms with Crippen molar-refractivity contribution in [1.29, 1.82) is 0 Å². The highest BCUT2D eigenvalue weighted by atomic mass is 31.2. The summed E-state index contributed by atoms with van der Waals surface area (Å²) in [4.78, 5) is 57.6. The third-order valence-corrected chi connectivity index (χ3v) is 9.25. The number of hydrogen-bond acceptors (Lipinski definition) is 7. The summed E-state index contributed by atoms with van der Waals surface area (Å²) in [6, 6.07) is 0. The Hall–Kier alpha value is 0.290. The Morgan fingerprint density at radius 2 is 1.04 bits per heavy atom. The lowest BCUT2D eigenvalue weighted by atomic mass is 10.1. The Balaban J connectivity index is 2.75. The molecule has 0 saturated carbocycles. The molecule has 2 fully saturated rings. The second kappa shape index (κ2) is 5.93. The minimum absolute atomic E-state index is 0.0123. The van der Waals surface area contributed by atoms with Crippen LogP contribution in [0.2, 0.25) is 0 Å². The first-order valence-corrected chi connectivity index (χ1v) is 11.4. The predicted molar refractivity (Wildman–Crippen MR) is 77.4 cm³/mol. The van der Waals surface area contributed by atoms with Gasteiger partial charge in [0.1, 0.15) is 5.66 Å². The summed E-state index contributed by atoms with van der Waals surface area (Å²) in [5.74, 6) is 0. The lowest BCUT2D eigenvalue weighted by Crippen LogP contribution is -2.78. The summed E-state index contributed by atoms with van der Waals surface area (Å²) in [5.41, 5.74) is -2.47. The first kappa shape index (κ1) is 19.6. The van der Waals surface area contributed by atoms with E-state index in [1.807, 2.05) is 0 Å². The van der Waals surface area contributed by atoms with Crippen LogP contribution in [0.4, 0.5) is 0 Å². The van der Waals surface area contributed by atoms with Crippen LogP contribution in [0.5, 0.6) is 0 Å². The second-order valence-electron chi connectivity index (χ2n) is 5.32. The maximum atomic E-state index is 12.1. The van der Waals surface area contributed by atoms with Crippen molar-refractivity contribution in [3.8, 4) is 0 Å². The highest BCUT2D eigenvalue weighted by molar-refractivity contribution is 7.71. The van der Waals surface area contributed by atoms with Crippen LogP contribution in [0.1, 0.15) is 0 Å². The maximum Gasteiger partial charge on any atom is 0.363 e. The van der Waals surface area contributed by atoms with Crippen molar-refractivity contribution in [2.45, 2.75) is 16.5 Å². The zero-order valence-electron chi connectivity index (χ0n) is 11.7. The van der Waals surface area contributed by atoms with Crippen LogP contribution in [0.15, 0.2) is 0 Å². The molecule has 13 nitrogen and oxygen atoms in total. The molecular weight excluding hydrogens is 377 g/mol. The van der Waals surface area contributed by atoms with Crippen molar-refractivity contribution in [3.63, 3.8) is 0 Å². The molecule has 10 N–H and O–H groups in total. The van der Waals surface area contributed by atoms with E-state index >= 15 is 0 Å². The molecule has 16 heteroatoms. The van der Waals surface area contributed by atoms with E-state index < -0.39 is 39.3 Å². The van der Waals surface area contributed by atoms with Gasteiger partial charge in [0.15, 0.2) is 5.40 Å². The number of nitrogens with one attached hydrogen (secondary N) is 4. The van der Waals surface area contributed by atoms with Crippen LogP contribution in [-0.2, 0) is 13.7 Å². The van der Waals surface area contributed by atoms with E-state index in [9.17, 15) is 43.1 Å². The quantitative estimate of drug-likeness (QED) is 0.205. The summed E-state index contributed by atoms with van der Waals surface area (Å²) >= 11 is 0. The Labute approximate surface area is 130 Å². The summed E-state index contributed by atoms with van der Waals surface area (Å²) in [5, 5.41) is 4.57. The molecule has 0 amide bonds. The molecule has 23 heavy (non-hydrogen) atoms. The van der Waals surface area contributed by atoms with Gasteiger partial charge in [-0.05, 0) is 0 Å². The van der Waals surface area contributed by atoms with Crippen LogP contribution < -0.4 is 21.3 Å². The average Bonchev–Trinajstić information content (AvgIpc) is 2.91. The predicted octanol–water partition coefficient (Wildman–Crippen LogP) is -3.42. The zero-order chi connectivity index (χ0) is 17.7. The van der Waals surface area contributed by atoms with E-state index in [0.717, 1.165) is 0 Å². The minimum Gasteiger partial charge on any atom is -0.324 e. The van der Waals surface area contributed by atoms with E-state index in [4.69, 9.17) is 0 Å². The molecule has 0 aromatic carbocycles. The van der Waals surface area contributed by atoms with E-state index in [-0.39, 0.29) is 26.2 Å². The van der Waals surface area contributed by atoms with Crippen molar-refractivity contribution in [2.75, 3.05) is 26.2 Å². The zero-order valence-corrected chi connectivity index (χ0v) is 14.3. The van der Waals surface area contributed by atoms with Crippen LogP contribution >= 0.6 is 22.8 Å². The highest BCUT2D eigenvalue weighted by Crippen LogP contribution is 2.68. The van der Waals surface area contributed by atoms with Crippen LogP contribution in [0, 0.1) is 0 Å². The van der Waals surface area contributed by atoms with E-state index in [1.165, 1.54) is 0 Å². The maximum absolute atomic E-state index is 12.1. The molecule has 0 aromatic rings. The van der Waals surface area contributed by atoms with Gasteiger partial charge < -0.3 is 29.4 Å². The molecule has 2 saturated heterocycles. The summed E-state index contributed by atoms with van der Waals surface area (Å²) in [6.07, 6.45) is 0. The Morgan fingerprint density at radius 3 is 1.35 bits per heavy atom. The van der Waals surface area contributed by atoms with Gasteiger partial charge in [-0.25, -0.2) is 0 Å². The molecule has 0 aliphatic carbocycles. The van der Waals surface area contributed by atoms with E-state index in [1.54, 1.807) is 0 Å². The van der Waals surface area contributed by atoms with Crippen molar-refractivity contribution in [2.24, 2.45) is 0 Å². The number of rotatable bonds is 5. The molecule has 2 aliphatic heterocycles. The Morgan fingerprint density at radius 1 is 0.696 bits per heavy atom. The van der Waals surface area contributed by atoms with Gasteiger partial charge in [-0.2, -0.15) is 0 Å². The van der Waals surface area contributed by atoms with Crippen LogP contribution in [0.25, 0.3) is 0 Å². The second-order valence-corrected chi connectivity index (χ2v) is 10.9. The first-order valence-electron chi connectivity index (χ1n) is 6.44. The van der Waals surface area contributed by atoms with E-state index in [0.29, 0.717) is 0 Å². The van der Waals surface area contributed by atoms with Gasteiger partial charge in [0.25, 0.3) is 0 Å². The topological polar surface area (TPSA) is 221 Å². The van der Waals surface area contributed by atoms with E-state index in [2.05, 4.69) is 21.3 Å². The first-order chi connectivity index (χ1) is 10.3. The summed E-state index contributed by atoms with van der Waals surface area (Å²) in [7, 11) is -16.2. The Kier molecular flexibility index (Phi) is 5.05. The van der Waals surface area contributed by atoms with Crippen molar-refractivity contribution < 1.29 is 43.1 Å². The molecule has 0 aromatic heterocycles. The summed E-state index contributed by atoms with van der Waals surface area (Å²) < 4.78 is 35.7. The van der Waals surface area contributed by atoms with Gasteiger partial charge in [-0.1, -0.05) is 0 Å². The van der Waals surface area contributed by atoms with Crippen molar-refractivity contribution in [1.82, 2.24) is 21.3 Å². The largest absolute Gasteiger partial charge is 0.363 e. The minimum atomic E-state index is -5.49. The molecule has 0 bridgehead atoms. The lowest BCUT2D eigenvalue weighted by molar-refractivity contribution is 0.149. The third kappa shape index (κ3) is 3.11. The average molecular weight is 396 g/mol.